The predicted molar refractivity (Wildman–Crippen MR) is 118 cm³/mol. The van der Waals surface area contributed by atoms with Crippen molar-refractivity contribution in [3.05, 3.63) is 81.3 Å². The summed E-state index contributed by atoms with van der Waals surface area (Å²) in [6.45, 7) is 2.05. The number of piperazine rings is 1. The zero-order valence-electron chi connectivity index (χ0n) is 16.0. The Balaban J connectivity index is 1.44. The Bertz CT molecular complexity index is 1070. The zero-order valence-corrected chi connectivity index (χ0v) is 17.5. The van der Waals surface area contributed by atoms with Gasteiger partial charge in [0.25, 0.3) is 11.8 Å². The third-order valence-electron chi connectivity index (χ3n) is 4.97. The Morgan fingerprint density at radius 3 is 2.47 bits per heavy atom. The minimum absolute atomic E-state index is 0.147. The van der Waals surface area contributed by atoms with E-state index in [0.29, 0.717) is 53.0 Å². The van der Waals surface area contributed by atoms with E-state index < -0.39 is 0 Å². The van der Waals surface area contributed by atoms with E-state index in [0.717, 1.165) is 0 Å². The van der Waals surface area contributed by atoms with Gasteiger partial charge in [-0.2, -0.15) is 0 Å². The van der Waals surface area contributed by atoms with Crippen LogP contribution in [0.2, 0.25) is 5.02 Å². The molecule has 5 nitrogen and oxygen atoms in total. The van der Waals surface area contributed by atoms with Crippen LogP contribution < -0.4 is 10.2 Å². The molecule has 0 unspecified atom stereocenters. The van der Waals surface area contributed by atoms with Gasteiger partial charge in [0.1, 0.15) is 5.82 Å². The molecule has 1 aliphatic rings. The van der Waals surface area contributed by atoms with Gasteiger partial charge in [-0.25, -0.2) is 4.39 Å². The van der Waals surface area contributed by atoms with E-state index in [1.54, 1.807) is 53.4 Å². The lowest BCUT2D eigenvalue weighted by molar-refractivity contribution is 0.0746. The standard InChI is InChI=1S/C22H19ClFN3O2S/c23-16-8-7-15(14-18(16)25-21(28)20-6-3-13-30-20)22(29)27-11-9-26(10-12-27)19-5-2-1-4-17(19)24/h1-8,13-14H,9-12H2,(H,25,28). The molecule has 0 atom stereocenters. The lowest BCUT2D eigenvalue weighted by Gasteiger charge is -2.36. The number of para-hydroxylation sites is 1. The molecule has 1 aliphatic heterocycles. The molecule has 1 N–H and O–H groups in total. The zero-order chi connectivity index (χ0) is 21.1. The van der Waals surface area contributed by atoms with Gasteiger partial charge >= 0.3 is 0 Å². The van der Waals surface area contributed by atoms with Crippen LogP contribution in [0, 0.1) is 5.82 Å². The van der Waals surface area contributed by atoms with Gasteiger partial charge in [-0.05, 0) is 41.8 Å². The molecule has 30 heavy (non-hydrogen) atoms. The first-order valence-corrected chi connectivity index (χ1v) is 10.7. The molecule has 0 bridgehead atoms. The number of benzene rings is 2. The van der Waals surface area contributed by atoms with Crippen LogP contribution in [-0.4, -0.2) is 42.9 Å². The summed E-state index contributed by atoms with van der Waals surface area (Å²) >= 11 is 7.54. The number of carbonyl (C=O) groups is 2. The average Bonchev–Trinajstić information content (AvgIpc) is 3.30. The van der Waals surface area contributed by atoms with Crippen LogP contribution >= 0.6 is 22.9 Å². The van der Waals surface area contributed by atoms with E-state index in [-0.39, 0.29) is 17.6 Å². The quantitative estimate of drug-likeness (QED) is 0.632. The van der Waals surface area contributed by atoms with Crippen LogP contribution in [0.25, 0.3) is 0 Å². The molecular weight excluding hydrogens is 425 g/mol. The van der Waals surface area contributed by atoms with Crippen molar-refractivity contribution in [1.82, 2.24) is 4.90 Å². The Morgan fingerprint density at radius 2 is 1.77 bits per heavy atom. The minimum Gasteiger partial charge on any atom is -0.366 e. The second-order valence-electron chi connectivity index (χ2n) is 6.86. The Labute approximate surface area is 182 Å². The normalized spacial score (nSPS) is 13.9. The number of anilines is 2. The van der Waals surface area contributed by atoms with Crippen molar-refractivity contribution in [2.45, 2.75) is 0 Å². The summed E-state index contributed by atoms with van der Waals surface area (Å²) in [5.74, 6) is -0.678. The van der Waals surface area contributed by atoms with Gasteiger partial charge in [-0.3, -0.25) is 9.59 Å². The van der Waals surface area contributed by atoms with Crippen molar-refractivity contribution in [2.24, 2.45) is 0 Å². The highest BCUT2D eigenvalue weighted by atomic mass is 35.5. The molecule has 0 spiro atoms. The van der Waals surface area contributed by atoms with Crippen LogP contribution in [0.3, 0.4) is 0 Å². The second-order valence-corrected chi connectivity index (χ2v) is 8.21. The molecule has 0 radical (unpaired) electrons. The summed E-state index contributed by atoms with van der Waals surface area (Å²) in [6.07, 6.45) is 0. The number of nitrogens with zero attached hydrogens (tertiary/aromatic N) is 2. The van der Waals surface area contributed by atoms with Crippen molar-refractivity contribution < 1.29 is 14.0 Å². The van der Waals surface area contributed by atoms with Crippen LogP contribution in [-0.2, 0) is 0 Å². The maximum absolute atomic E-state index is 14.0. The lowest BCUT2D eigenvalue weighted by atomic mass is 10.1. The number of carbonyl (C=O) groups excluding carboxylic acids is 2. The van der Waals surface area contributed by atoms with Gasteiger partial charge in [0.2, 0.25) is 0 Å². The molecule has 4 rings (SSSR count). The highest BCUT2D eigenvalue weighted by Crippen LogP contribution is 2.26. The summed E-state index contributed by atoms with van der Waals surface area (Å²) in [5, 5.41) is 4.94. The van der Waals surface area contributed by atoms with E-state index in [9.17, 15) is 14.0 Å². The van der Waals surface area contributed by atoms with Crippen molar-refractivity contribution in [3.63, 3.8) is 0 Å². The third kappa shape index (κ3) is 4.32. The highest BCUT2D eigenvalue weighted by molar-refractivity contribution is 7.12. The molecule has 2 heterocycles. The van der Waals surface area contributed by atoms with Crippen LogP contribution in [0.5, 0.6) is 0 Å². The number of halogens is 2. The summed E-state index contributed by atoms with van der Waals surface area (Å²) in [6, 6.07) is 15.0. The van der Waals surface area contributed by atoms with Crippen molar-refractivity contribution >= 4 is 46.1 Å². The monoisotopic (exact) mass is 443 g/mol. The van der Waals surface area contributed by atoms with Crippen LogP contribution in [0.15, 0.2) is 60.0 Å². The average molecular weight is 444 g/mol. The number of nitrogens with one attached hydrogen (secondary N) is 1. The Kier molecular flexibility index (Phi) is 6.01. The number of thiophene rings is 1. The Hall–Kier alpha value is -2.90. The second kappa shape index (κ2) is 8.85. The van der Waals surface area contributed by atoms with E-state index in [4.69, 9.17) is 11.6 Å². The number of hydrogen-bond donors (Lipinski definition) is 1. The predicted octanol–water partition coefficient (Wildman–Crippen LogP) is 4.76. The van der Waals surface area contributed by atoms with Crippen LogP contribution in [0.1, 0.15) is 20.0 Å². The molecule has 1 fully saturated rings. The molecule has 1 aromatic heterocycles. The summed E-state index contributed by atoms with van der Waals surface area (Å²) in [5.41, 5.74) is 1.39. The van der Waals surface area contributed by atoms with Gasteiger partial charge < -0.3 is 15.1 Å². The number of amides is 2. The van der Waals surface area contributed by atoms with E-state index >= 15 is 0 Å². The molecule has 0 saturated carbocycles. The van der Waals surface area contributed by atoms with Gasteiger partial charge in [0.15, 0.2) is 0 Å². The molecule has 0 aliphatic carbocycles. The molecule has 2 amide bonds. The number of hydrogen-bond acceptors (Lipinski definition) is 4. The fourth-order valence-electron chi connectivity index (χ4n) is 3.39. The van der Waals surface area contributed by atoms with Crippen molar-refractivity contribution in [3.8, 4) is 0 Å². The first-order chi connectivity index (χ1) is 14.5. The van der Waals surface area contributed by atoms with Crippen LogP contribution in [0.4, 0.5) is 15.8 Å². The summed E-state index contributed by atoms with van der Waals surface area (Å²) in [4.78, 5) is 29.5. The van der Waals surface area contributed by atoms with Gasteiger partial charge in [-0.15, -0.1) is 11.3 Å². The fourth-order valence-corrected chi connectivity index (χ4v) is 4.17. The maximum Gasteiger partial charge on any atom is 0.265 e. The molecule has 1 saturated heterocycles. The van der Waals surface area contributed by atoms with E-state index in [1.807, 2.05) is 10.3 Å². The lowest BCUT2D eigenvalue weighted by Crippen LogP contribution is -2.49. The number of rotatable bonds is 4. The largest absolute Gasteiger partial charge is 0.366 e. The van der Waals surface area contributed by atoms with Gasteiger partial charge in [0, 0.05) is 31.7 Å². The molecule has 154 valence electrons. The summed E-state index contributed by atoms with van der Waals surface area (Å²) in [7, 11) is 0. The third-order valence-corrected chi connectivity index (χ3v) is 6.16. The Morgan fingerprint density at radius 1 is 1.00 bits per heavy atom. The smallest absolute Gasteiger partial charge is 0.265 e. The maximum atomic E-state index is 14.0. The minimum atomic E-state index is -0.269. The molecule has 8 heteroatoms. The van der Waals surface area contributed by atoms with E-state index in [2.05, 4.69) is 5.32 Å². The van der Waals surface area contributed by atoms with Crippen molar-refractivity contribution in [1.29, 1.82) is 0 Å². The molecular formula is C22H19ClFN3O2S. The van der Waals surface area contributed by atoms with Gasteiger partial charge in [-0.1, -0.05) is 29.8 Å². The first kappa shape index (κ1) is 20.4. The topological polar surface area (TPSA) is 52.7 Å². The fraction of sp³-hybridized carbons (Fsp3) is 0.182. The van der Waals surface area contributed by atoms with Crippen molar-refractivity contribution in [2.75, 3.05) is 36.4 Å². The highest BCUT2D eigenvalue weighted by Gasteiger charge is 2.24. The summed E-state index contributed by atoms with van der Waals surface area (Å²) < 4.78 is 14.0. The van der Waals surface area contributed by atoms with E-state index in [1.165, 1.54) is 17.4 Å². The SMILES string of the molecule is O=C(Nc1cc(C(=O)N2CCN(c3ccccc3F)CC2)ccc1Cl)c1cccs1. The molecule has 2 aromatic carbocycles. The van der Waals surface area contributed by atoms with Gasteiger partial charge in [0.05, 0.1) is 21.3 Å². The first-order valence-electron chi connectivity index (χ1n) is 9.46. The molecule has 3 aromatic rings.